The third-order valence-corrected chi connectivity index (χ3v) is 5.26. The van der Waals surface area contributed by atoms with Crippen molar-refractivity contribution in [1.29, 1.82) is 0 Å². The van der Waals surface area contributed by atoms with E-state index in [1.54, 1.807) is 0 Å². The minimum Gasteiger partial charge on any atom is -0.346 e. The van der Waals surface area contributed by atoms with Gasteiger partial charge in [-0.3, -0.25) is 4.79 Å². The number of carbonyl (C=O) groups is 1. The van der Waals surface area contributed by atoms with Crippen LogP contribution in [0.15, 0.2) is 35.5 Å². The van der Waals surface area contributed by atoms with Crippen LogP contribution in [0, 0.1) is 0 Å². The Morgan fingerprint density at radius 2 is 1.93 bits per heavy atom. The quantitative estimate of drug-likeness (QED) is 0.468. The highest BCUT2D eigenvalue weighted by Crippen LogP contribution is 2.30. The van der Waals surface area contributed by atoms with Crippen molar-refractivity contribution in [2.24, 2.45) is 0 Å². The molecular weight excluding hydrogens is 403 g/mol. The van der Waals surface area contributed by atoms with Gasteiger partial charge in [0.25, 0.3) is 11.7 Å². The van der Waals surface area contributed by atoms with Gasteiger partial charge in [0.2, 0.25) is 10.2 Å². The van der Waals surface area contributed by atoms with Crippen LogP contribution < -0.4 is 11.2 Å². The summed E-state index contributed by atoms with van der Waals surface area (Å²) in [5.41, 5.74) is 0.939. The second-order valence-electron chi connectivity index (χ2n) is 5.13. The van der Waals surface area contributed by atoms with Crippen molar-refractivity contribution in [3.8, 4) is 0 Å². The van der Waals surface area contributed by atoms with Gasteiger partial charge in [-0.15, -0.1) is 20.4 Å². The number of nitrogens with two attached hydrogens (primary N) is 1. The van der Waals surface area contributed by atoms with Crippen LogP contribution in [0.3, 0.4) is 0 Å². The lowest BCUT2D eigenvalue weighted by Crippen LogP contribution is -2.22. The zero-order valence-corrected chi connectivity index (χ0v) is 15.1. The van der Waals surface area contributed by atoms with E-state index in [4.69, 9.17) is 5.84 Å². The number of rotatable bonds is 6. The number of amides is 1. The lowest BCUT2D eigenvalue weighted by Gasteiger charge is -2.05. The Labute approximate surface area is 159 Å². The van der Waals surface area contributed by atoms with Crippen LogP contribution >= 0.6 is 23.1 Å². The summed E-state index contributed by atoms with van der Waals surface area (Å²) in [6, 6.07) is 9.35. The minimum atomic E-state index is -4.69. The molecule has 0 atom stereocenters. The Morgan fingerprint density at radius 3 is 2.59 bits per heavy atom. The van der Waals surface area contributed by atoms with Crippen molar-refractivity contribution in [3.63, 3.8) is 0 Å². The van der Waals surface area contributed by atoms with Gasteiger partial charge in [0.1, 0.15) is 5.01 Å². The number of nitrogens with one attached hydrogen (secondary N) is 1. The maximum absolute atomic E-state index is 12.6. The largest absolute Gasteiger partial charge is 0.453 e. The molecule has 0 aliphatic heterocycles. The molecule has 1 aromatic carbocycles. The average molecular weight is 415 g/mol. The van der Waals surface area contributed by atoms with Gasteiger partial charge in [-0.25, -0.2) is 4.68 Å². The van der Waals surface area contributed by atoms with E-state index in [9.17, 15) is 18.0 Å². The highest BCUT2D eigenvalue weighted by Gasteiger charge is 2.38. The number of alkyl halides is 3. The van der Waals surface area contributed by atoms with Gasteiger partial charge >= 0.3 is 6.18 Å². The van der Waals surface area contributed by atoms with E-state index >= 15 is 0 Å². The average Bonchev–Trinajstić information content (AvgIpc) is 3.25. The fraction of sp³-hybridized carbons (Fsp3) is 0.214. The Hall–Kier alpha value is -2.67. The number of hydrogen-bond donors (Lipinski definition) is 2. The first kappa shape index (κ1) is 19.1. The van der Waals surface area contributed by atoms with Crippen LogP contribution in [-0.2, 0) is 18.5 Å². The van der Waals surface area contributed by atoms with E-state index < -0.39 is 12.0 Å². The summed E-state index contributed by atoms with van der Waals surface area (Å²) < 4.78 is 38.3. The highest BCUT2D eigenvalue weighted by atomic mass is 32.2. The van der Waals surface area contributed by atoms with E-state index in [0.717, 1.165) is 28.7 Å². The van der Waals surface area contributed by atoms with Gasteiger partial charge in [-0.1, -0.05) is 53.4 Å². The van der Waals surface area contributed by atoms with Gasteiger partial charge in [0.05, 0.1) is 5.75 Å². The highest BCUT2D eigenvalue weighted by molar-refractivity contribution is 7.98. The molecule has 3 aromatic rings. The first-order chi connectivity index (χ1) is 12.8. The second kappa shape index (κ2) is 7.92. The molecule has 13 heteroatoms. The topological polar surface area (TPSA) is 112 Å². The van der Waals surface area contributed by atoms with Gasteiger partial charge in [-0.2, -0.15) is 13.2 Å². The molecule has 0 saturated carbocycles. The number of aromatic nitrogens is 5. The van der Waals surface area contributed by atoms with E-state index in [1.807, 2.05) is 30.3 Å². The maximum Gasteiger partial charge on any atom is 0.453 e. The molecule has 0 spiro atoms. The molecule has 1 amide bonds. The fourth-order valence-corrected chi connectivity index (χ4v) is 3.55. The fourth-order valence-electron chi connectivity index (χ4n) is 1.95. The smallest absolute Gasteiger partial charge is 0.346 e. The third-order valence-electron chi connectivity index (χ3n) is 3.20. The van der Waals surface area contributed by atoms with E-state index in [0.29, 0.717) is 16.2 Å². The molecule has 142 valence electrons. The van der Waals surface area contributed by atoms with Crippen LogP contribution in [0.25, 0.3) is 0 Å². The molecule has 3 N–H and O–H groups in total. The summed E-state index contributed by atoms with van der Waals surface area (Å²) in [6.07, 6.45) is -4.69. The number of nitrogens with zero attached hydrogens (tertiary/aromatic N) is 5. The van der Waals surface area contributed by atoms with Crippen LogP contribution in [0.1, 0.15) is 26.2 Å². The van der Waals surface area contributed by atoms with E-state index in [1.165, 1.54) is 0 Å². The Bertz CT molecular complexity index is 926. The molecule has 0 bridgehead atoms. The molecular formula is C14H12F3N7OS2. The minimum absolute atomic E-state index is 0.118. The van der Waals surface area contributed by atoms with Crippen molar-refractivity contribution in [3.05, 3.63) is 51.7 Å². The SMILES string of the molecule is Nn1c(SCc2nnc(C(=O)NCc3ccccc3)s2)nnc1C(F)(F)F. The molecule has 3 rings (SSSR count). The second-order valence-corrected chi connectivity index (χ2v) is 7.14. The Morgan fingerprint density at radius 1 is 1.19 bits per heavy atom. The van der Waals surface area contributed by atoms with E-state index in [-0.39, 0.29) is 21.8 Å². The summed E-state index contributed by atoms with van der Waals surface area (Å²) in [4.78, 5) is 12.1. The van der Waals surface area contributed by atoms with Gasteiger partial charge in [0.15, 0.2) is 0 Å². The number of benzene rings is 1. The zero-order valence-electron chi connectivity index (χ0n) is 13.5. The molecule has 0 saturated heterocycles. The molecule has 0 aliphatic rings. The number of carbonyl (C=O) groups excluding carboxylic acids is 1. The number of hydrogen-bond acceptors (Lipinski definition) is 8. The zero-order chi connectivity index (χ0) is 19.4. The summed E-state index contributed by atoms with van der Waals surface area (Å²) in [7, 11) is 0. The van der Waals surface area contributed by atoms with Crippen LogP contribution in [0.2, 0.25) is 0 Å². The maximum atomic E-state index is 12.6. The molecule has 27 heavy (non-hydrogen) atoms. The first-order valence-corrected chi connectivity index (χ1v) is 9.20. The normalized spacial score (nSPS) is 11.5. The van der Waals surface area contributed by atoms with Crippen molar-refractivity contribution in [1.82, 2.24) is 30.4 Å². The molecule has 0 aliphatic carbocycles. The molecule has 8 nitrogen and oxygen atoms in total. The lowest BCUT2D eigenvalue weighted by molar-refractivity contribution is -0.146. The summed E-state index contributed by atoms with van der Waals surface area (Å²) in [5.74, 6) is 3.84. The van der Waals surface area contributed by atoms with Gasteiger partial charge in [0, 0.05) is 6.54 Å². The number of halogens is 3. The molecule has 2 aromatic heterocycles. The van der Waals surface area contributed by atoms with Crippen molar-refractivity contribution < 1.29 is 18.0 Å². The Balaban J connectivity index is 1.57. The predicted octanol–water partition coefficient (Wildman–Crippen LogP) is 2.08. The first-order valence-electron chi connectivity index (χ1n) is 7.39. The van der Waals surface area contributed by atoms with Crippen molar-refractivity contribution in [2.75, 3.05) is 5.84 Å². The lowest BCUT2D eigenvalue weighted by atomic mass is 10.2. The summed E-state index contributed by atoms with van der Waals surface area (Å²) in [5, 5.41) is 17.3. The van der Waals surface area contributed by atoms with Gasteiger partial charge < -0.3 is 11.2 Å². The van der Waals surface area contributed by atoms with Crippen molar-refractivity contribution >= 4 is 29.0 Å². The summed E-state index contributed by atoms with van der Waals surface area (Å²) >= 11 is 1.95. The number of thioether (sulfide) groups is 1. The van der Waals surface area contributed by atoms with Crippen LogP contribution in [-0.4, -0.2) is 31.0 Å². The molecule has 0 unspecified atom stereocenters. The van der Waals surface area contributed by atoms with E-state index in [2.05, 4.69) is 25.7 Å². The summed E-state index contributed by atoms with van der Waals surface area (Å²) in [6.45, 7) is 0.347. The third kappa shape index (κ3) is 4.74. The molecule has 0 radical (unpaired) electrons. The molecule has 2 heterocycles. The predicted molar refractivity (Wildman–Crippen MR) is 92.3 cm³/mol. The number of nitrogen functional groups attached to an aromatic ring is 1. The standard InChI is InChI=1S/C14H12F3N7OS2/c15-14(16,17)12-22-23-13(24(12)18)26-7-9-20-21-11(27-9)10(25)19-6-8-4-2-1-3-5-8/h1-5H,6-7,18H2,(H,19,25). The van der Waals surface area contributed by atoms with Gasteiger partial charge in [-0.05, 0) is 5.56 Å². The monoisotopic (exact) mass is 415 g/mol. The van der Waals surface area contributed by atoms with Crippen molar-refractivity contribution in [2.45, 2.75) is 23.6 Å². The molecule has 0 fully saturated rings. The van der Waals surface area contributed by atoms with Crippen LogP contribution in [0.4, 0.5) is 13.2 Å². The van der Waals surface area contributed by atoms with Crippen LogP contribution in [0.5, 0.6) is 0 Å². The Kier molecular flexibility index (Phi) is 5.60.